The molecule has 5 rings (SSSR count). The van der Waals surface area contributed by atoms with E-state index in [0.29, 0.717) is 0 Å². The molecule has 0 N–H and O–H groups in total. The number of rotatable bonds is 6. The first-order valence-electron chi connectivity index (χ1n) is 12.3. The van der Waals surface area contributed by atoms with Gasteiger partial charge in [-0.15, -0.1) is 0 Å². The molecule has 0 spiro atoms. The molecule has 1 heterocycles. The third kappa shape index (κ3) is 4.16. The van der Waals surface area contributed by atoms with Gasteiger partial charge in [-0.2, -0.15) is 0 Å². The molecule has 1 fully saturated rings. The van der Waals surface area contributed by atoms with Gasteiger partial charge in [0.25, 0.3) is 0 Å². The van der Waals surface area contributed by atoms with E-state index in [-0.39, 0.29) is 0 Å². The summed E-state index contributed by atoms with van der Waals surface area (Å²) in [5.41, 5.74) is 6.38. The van der Waals surface area contributed by atoms with Crippen molar-refractivity contribution in [3.8, 4) is 22.3 Å². The second-order valence-electron chi connectivity index (χ2n) is 9.15. The van der Waals surface area contributed by atoms with Gasteiger partial charge < -0.3 is 18.9 Å². The van der Waals surface area contributed by atoms with Crippen molar-refractivity contribution in [1.29, 1.82) is 0 Å². The molecule has 4 nitrogen and oxygen atoms in total. The fourth-order valence-electron chi connectivity index (χ4n) is 5.19. The van der Waals surface area contributed by atoms with Gasteiger partial charge in [0, 0.05) is 25.3 Å². The lowest BCUT2D eigenvalue weighted by molar-refractivity contribution is -0.440. The van der Waals surface area contributed by atoms with Crippen LogP contribution in [0.25, 0.3) is 22.3 Å². The van der Waals surface area contributed by atoms with Crippen molar-refractivity contribution < 1.29 is 18.9 Å². The lowest BCUT2D eigenvalue weighted by Gasteiger charge is -2.52. The van der Waals surface area contributed by atoms with Gasteiger partial charge in [0.15, 0.2) is 0 Å². The van der Waals surface area contributed by atoms with Crippen molar-refractivity contribution in [3.05, 3.63) is 120 Å². The van der Waals surface area contributed by atoms with Crippen molar-refractivity contribution in [1.82, 2.24) is 0 Å². The molecule has 4 unspecified atom stereocenters. The first kappa shape index (κ1) is 24.4. The molecule has 1 aliphatic heterocycles. The van der Waals surface area contributed by atoms with Gasteiger partial charge in [-0.1, -0.05) is 109 Å². The van der Waals surface area contributed by atoms with Gasteiger partial charge >= 0.3 is 0 Å². The molecular weight excluding hydrogens is 448 g/mol. The third-order valence-electron chi connectivity index (χ3n) is 7.17. The van der Waals surface area contributed by atoms with Crippen LogP contribution in [0, 0.1) is 0 Å². The minimum absolute atomic E-state index is 0.449. The van der Waals surface area contributed by atoms with Crippen LogP contribution in [0.2, 0.25) is 0 Å². The molecule has 0 aromatic heterocycles. The van der Waals surface area contributed by atoms with Crippen molar-refractivity contribution in [2.75, 3.05) is 14.2 Å². The van der Waals surface area contributed by atoms with E-state index in [1.54, 1.807) is 14.2 Å². The third-order valence-corrected chi connectivity index (χ3v) is 7.17. The molecule has 4 aromatic rings. The smallest absolute Gasteiger partial charge is 0.222 e. The minimum atomic E-state index is -1.07. The molecule has 184 valence electrons. The van der Waals surface area contributed by atoms with Crippen LogP contribution in [0.4, 0.5) is 0 Å². The number of ether oxygens (including phenoxy) is 4. The molecule has 36 heavy (non-hydrogen) atoms. The molecule has 0 saturated carbocycles. The summed E-state index contributed by atoms with van der Waals surface area (Å²) in [4.78, 5) is 0. The van der Waals surface area contributed by atoms with Crippen molar-refractivity contribution in [2.45, 2.75) is 37.6 Å². The maximum Gasteiger partial charge on any atom is 0.222 e. The standard InChI is InChI=1S/C32H32O4/c1-23-31(33-3,29-19-15-27(16-20-29)25-11-7-5-8-12-25)36-24(2)32(34-4,35-23)30-21-17-28(18-22-30)26-13-9-6-10-14-26/h5-24H,1-4H3. The molecular formula is C32H32O4. The normalized spacial score (nSPS) is 26.0. The lowest BCUT2D eigenvalue weighted by Crippen LogP contribution is -2.60. The van der Waals surface area contributed by atoms with Crippen LogP contribution in [0.5, 0.6) is 0 Å². The Kier molecular flexibility index (Phi) is 6.78. The molecule has 1 saturated heterocycles. The highest BCUT2D eigenvalue weighted by Crippen LogP contribution is 2.47. The Hall–Kier alpha value is -3.28. The quantitative estimate of drug-likeness (QED) is 0.294. The van der Waals surface area contributed by atoms with E-state index in [9.17, 15) is 0 Å². The fourth-order valence-corrected chi connectivity index (χ4v) is 5.19. The van der Waals surface area contributed by atoms with E-state index in [2.05, 4.69) is 48.5 Å². The predicted octanol–water partition coefficient (Wildman–Crippen LogP) is 7.14. The summed E-state index contributed by atoms with van der Waals surface area (Å²) in [5.74, 6) is -2.14. The predicted molar refractivity (Wildman–Crippen MR) is 142 cm³/mol. The number of hydrogen-bond acceptors (Lipinski definition) is 4. The molecule has 0 amide bonds. The average molecular weight is 481 g/mol. The summed E-state index contributed by atoms with van der Waals surface area (Å²) in [6.45, 7) is 3.93. The summed E-state index contributed by atoms with van der Waals surface area (Å²) in [5, 5.41) is 0. The Morgan fingerprint density at radius 2 is 0.778 bits per heavy atom. The van der Waals surface area contributed by atoms with Crippen LogP contribution in [-0.2, 0) is 30.5 Å². The van der Waals surface area contributed by atoms with Crippen molar-refractivity contribution >= 4 is 0 Å². The summed E-state index contributed by atoms with van der Waals surface area (Å²) in [7, 11) is 3.32. The first-order valence-corrected chi connectivity index (χ1v) is 12.3. The largest absolute Gasteiger partial charge is 0.347 e. The SMILES string of the molecule is COC1(c2ccc(-c3ccccc3)cc2)OC(C)C(OC)(c2ccc(-c3ccccc3)cc2)OC1C. The summed E-state index contributed by atoms with van der Waals surface area (Å²) < 4.78 is 25.4. The summed E-state index contributed by atoms with van der Waals surface area (Å²) >= 11 is 0. The zero-order valence-corrected chi connectivity index (χ0v) is 21.2. The maximum atomic E-state index is 6.67. The van der Waals surface area contributed by atoms with E-state index >= 15 is 0 Å². The highest BCUT2D eigenvalue weighted by molar-refractivity contribution is 5.64. The molecule has 0 aliphatic carbocycles. The van der Waals surface area contributed by atoms with E-state index in [1.807, 2.05) is 74.5 Å². The Bertz CT molecular complexity index is 1170. The number of benzene rings is 4. The van der Waals surface area contributed by atoms with Gasteiger partial charge in [-0.05, 0) is 36.1 Å². The molecule has 4 heteroatoms. The topological polar surface area (TPSA) is 36.9 Å². The first-order chi connectivity index (χ1) is 17.5. The van der Waals surface area contributed by atoms with Crippen LogP contribution >= 0.6 is 0 Å². The fraction of sp³-hybridized carbons (Fsp3) is 0.250. The second-order valence-corrected chi connectivity index (χ2v) is 9.15. The minimum Gasteiger partial charge on any atom is -0.347 e. The van der Waals surface area contributed by atoms with Crippen molar-refractivity contribution in [2.24, 2.45) is 0 Å². The number of methoxy groups -OCH3 is 2. The molecule has 1 aliphatic rings. The molecule has 4 atom stereocenters. The maximum absolute atomic E-state index is 6.67. The van der Waals surface area contributed by atoms with Gasteiger partial charge in [-0.25, -0.2) is 0 Å². The Morgan fingerprint density at radius 3 is 1.08 bits per heavy atom. The zero-order valence-electron chi connectivity index (χ0n) is 21.2. The van der Waals surface area contributed by atoms with Crippen LogP contribution in [0.3, 0.4) is 0 Å². The molecule has 4 aromatic carbocycles. The lowest BCUT2D eigenvalue weighted by atomic mass is 9.91. The van der Waals surface area contributed by atoms with Crippen LogP contribution in [-0.4, -0.2) is 26.4 Å². The van der Waals surface area contributed by atoms with Crippen LogP contribution in [0.15, 0.2) is 109 Å². The van der Waals surface area contributed by atoms with Crippen LogP contribution in [0.1, 0.15) is 25.0 Å². The highest BCUT2D eigenvalue weighted by Gasteiger charge is 2.56. The van der Waals surface area contributed by atoms with Gasteiger partial charge in [-0.3, -0.25) is 0 Å². The Labute approximate surface area is 213 Å². The van der Waals surface area contributed by atoms with Crippen molar-refractivity contribution in [3.63, 3.8) is 0 Å². The Balaban J connectivity index is 1.44. The second kappa shape index (κ2) is 10.00. The highest BCUT2D eigenvalue weighted by atomic mass is 16.8. The van der Waals surface area contributed by atoms with E-state index in [1.165, 1.54) is 0 Å². The van der Waals surface area contributed by atoms with Gasteiger partial charge in [0.1, 0.15) is 12.2 Å². The summed E-state index contributed by atoms with van der Waals surface area (Å²) in [6.07, 6.45) is -0.898. The zero-order chi connectivity index (χ0) is 25.2. The average Bonchev–Trinajstić information content (AvgIpc) is 2.95. The van der Waals surface area contributed by atoms with Crippen LogP contribution < -0.4 is 0 Å². The molecule has 0 radical (unpaired) electrons. The Morgan fingerprint density at radius 1 is 0.472 bits per heavy atom. The summed E-state index contributed by atoms with van der Waals surface area (Å²) in [6, 6.07) is 37.1. The number of hydrogen-bond donors (Lipinski definition) is 0. The van der Waals surface area contributed by atoms with Gasteiger partial charge in [0.2, 0.25) is 11.6 Å². The van der Waals surface area contributed by atoms with E-state index < -0.39 is 23.8 Å². The van der Waals surface area contributed by atoms with E-state index in [0.717, 1.165) is 33.4 Å². The molecule has 0 bridgehead atoms. The van der Waals surface area contributed by atoms with Gasteiger partial charge in [0.05, 0.1) is 0 Å². The monoisotopic (exact) mass is 480 g/mol. The van der Waals surface area contributed by atoms with E-state index in [4.69, 9.17) is 18.9 Å².